The van der Waals surface area contributed by atoms with E-state index in [-0.39, 0.29) is 11.8 Å². The topological polar surface area (TPSA) is 117 Å². The van der Waals surface area contributed by atoms with E-state index >= 15 is 0 Å². The van der Waals surface area contributed by atoms with E-state index in [1.165, 1.54) is 13.3 Å². The molecule has 0 aliphatic carbocycles. The number of sulfonamides is 1. The highest BCUT2D eigenvalue weighted by molar-refractivity contribution is 7.89. The van der Waals surface area contributed by atoms with Crippen molar-refractivity contribution >= 4 is 15.9 Å². The van der Waals surface area contributed by atoms with Crippen LogP contribution < -0.4 is 10.0 Å². The number of carbonyl (C=O) groups is 1. The Hall–Kier alpha value is -1.48. The molecule has 1 amide bonds. The van der Waals surface area contributed by atoms with E-state index < -0.39 is 22.0 Å². The second-order valence-corrected chi connectivity index (χ2v) is 6.13. The molecular weight excluding hydrogens is 270 g/mol. The summed E-state index contributed by atoms with van der Waals surface area (Å²) in [5, 5.41) is 8.96. The normalized spacial score (nSPS) is 14.9. The number of nitrogens with zero attached hydrogens (tertiary/aromatic N) is 2. The van der Waals surface area contributed by atoms with Crippen LogP contribution in [0.4, 0.5) is 0 Å². The van der Waals surface area contributed by atoms with Crippen molar-refractivity contribution in [3.8, 4) is 0 Å². The van der Waals surface area contributed by atoms with Gasteiger partial charge in [0.25, 0.3) is 0 Å². The molecule has 0 aromatic carbocycles. The van der Waals surface area contributed by atoms with Crippen LogP contribution >= 0.6 is 0 Å². The second-order valence-electron chi connectivity index (χ2n) is 4.26. The van der Waals surface area contributed by atoms with Gasteiger partial charge in [-0.2, -0.15) is 5.10 Å². The van der Waals surface area contributed by atoms with Gasteiger partial charge in [-0.25, -0.2) is 18.1 Å². The summed E-state index contributed by atoms with van der Waals surface area (Å²) in [4.78, 5) is 15.7. The number of hydrogen-bond acceptors (Lipinski definition) is 5. The lowest BCUT2D eigenvalue weighted by atomic mass is 10.2. The van der Waals surface area contributed by atoms with E-state index in [1.54, 1.807) is 13.8 Å². The number of H-pyrrole nitrogens is 1. The van der Waals surface area contributed by atoms with Crippen molar-refractivity contribution in [2.24, 2.45) is 0 Å². The first-order valence-electron chi connectivity index (χ1n) is 6.01. The maximum absolute atomic E-state index is 11.8. The fourth-order valence-electron chi connectivity index (χ4n) is 1.48. The van der Waals surface area contributed by atoms with Crippen LogP contribution in [0.5, 0.6) is 0 Å². The second kappa shape index (κ2) is 6.62. The molecule has 0 aliphatic rings. The Morgan fingerprint density at radius 3 is 2.68 bits per heavy atom. The number of rotatable bonds is 7. The van der Waals surface area contributed by atoms with Gasteiger partial charge >= 0.3 is 0 Å². The van der Waals surface area contributed by atoms with Crippen LogP contribution in [0, 0.1) is 0 Å². The molecule has 19 heavy (non-hydrogen) atoms. The van der Waals surface area contributed by atoms with Crippen molar-refractivity contribution in [1.29, 1.82) is 0 Å². The lowest BCUT2D eigenvalue weighted by Crippen LogP contribution is -2.46. The molecule has 1 rings (SSSR count). The molecule has 0 saturated carbocycles. The molecule has 0 bridgehead atoms. The third kappa shape index (κ3) is 4.95. The smallest absolute Gasteiger partial charge is 0.238 e. The van der Waals surface area contributed by atoms with Gasteiger partial charge in [-0.15, -0.1) is 0 Å². The predicted octanol–water partition coefficient (Wildman–Crippen LogP) is -0.300. The number of aromatic amines is 1. The van der Waals surface area contributed by atoms with Crippen LogP contribution in [0.25, 0.3) is 0 Å². The number of carbonyl (C=O) groups excluding carboxylic acids is 1. The number of aromatic nitrogens is 3. The zero-order chi connectivity index (χ0) is 14.5. The van der Waals surface area contributed by atoms with E-state index in [4.69, 9.17) is 0 Å². The minimum absolute atomic E-state index is 0.00226. The Morgan fingerprint density at radius 1 is 1.47 bits per heavy atom. The first kappa shape index (κ1) is 15.6. The lowest BCUT2D eigenvalue weighted by Gasteiger charge is -2.17. The molecule has 1 heterocycles. The average molecular weight is 289 g/mol. The number of hydrogen-bond donors (Lipinski definition) is 3. The van der Waals surface area contributed by atoms with Gasteiger partial charge in [0, 0.05) is 0 Å². The highest BCUT2D eigenvalue weighted by Gasteiger charge is 2.21. The number of nitrogens with one attached hydrogen (secondary N) is 3. The molecule has 1 aromatic heterocycles. The largest absolute Gasteiger partial charge is 0.345 e. The summed E-state index contributed by atoms with van der Waals surface area (Å²) >= 11 is 0. The summed E-state index contributed by atoms with van der Waals surface area (Å²) in [5.74, 6) is 0.1000. The summed E-state index contributed by atoms with van der Waals surface area (Å²) in [6.45, 7) is 4.98. The molecule has 0 fully saturated rings. The zero-order valence-electron chi connectivity index (χ0n) is 11.2. The Morgan fingerprint density at radius 2 is 2.16 bits per heavy atom. The van der Waals surface area contributed by atoms with Gasteiger partial charge in [0.05, 0.1) is 17.8 Å². The van der Waals surface area contributed by atoms with Crippen LogP contribution in [0.15, 0.2) is 6.33 Å². The molecule has 0 saturated heterocycles. The lowest BCUT2D eigenvalue weighted by molar-refractivity contribution is -0.123. The fourth-order valence-corrected chi connectivity index (χ4v) is 2.78. The summed E-state index contributed by atoms with van der Waals surface area (Å²) in [6.07, 6.45) is 1.84. The van der Waals surface area contributed by atoms with Crippen molar-refractivity contribution in [3.05, 3.63) is 12.2 Å². The maximum Gasteiger partial charge on any atom is 0.238 e. The van der Waals surface area contributed by atoms with Crippen molar-refractivity contribution in [3.63, 3.8) is 0 Å². The van der Waals surface area contributed by atoms with Crippen LogP contribution in [0.2, 0.25) is 0 Å². The fraction of sp³-hybridized carbons (Fsp3) is 0.700. The molecule has 8 nitrogen and oxygen atoms in total. The van der Waals surface area contributed by atoms with E-state index in [0.717, 1.165) is 0 Å². The van der Waals surface area contributed by atoms with Crippen LogP contribution in [0.3, 0.4) is 0 Å². The molecule has 0 spiro atoms. The number of amides is 1. The van der Waals surface area contributed by atoms with Crippen molar-refractivity contribution in [2.45, 2.75) is 39.3 Å². The molecule has 0 aliphatic heterocycles. The Kier molecular flexibility index (Phi) is 5.43. The third-order valence-electron chi connectivity index (χ3n) is 2.43. The van der Waals surface area contributed by atoms with Gasteiger partial charge in [0.2, 0.25) is 15.9 Å². The van der Waals surface area contributed by atoms with Crippen LogP contribution in [-0.4, -0.2) is 41.3 Å². The molecule has 9 heteroatoms. The van der Waals surface area contributed by atoms with Gasteiger partial charge in [-0.05, 0) is 20.3 Å². The molecule has 2 unspecified atom stereocenters. The van der Waals surface area contributed by atoms with Crippen molar-refractivity contribution in [1.82, 2.24) is 25.2 Å². The van der Waals surface area contributed by atoms with Crippen LogP contribution in [0.1, 0.15) is 39.1 Å². The summed E-state index contributed by atoms with van der Waals surface area (Å²) in [7, 11) is -3.41. The van der Waals surface area contributed by atoms with Gasteiger partial charge in [0.1, 0.15) is 12.2 Å². The molecule has 108 valence electrons. The summed E-state index contributed by atoms with van der Waals surface area (Å²) in [6, 6.07) is -1.20. The van der Waals surface area contributed by atoms with E-state index in [9.17, 15) is 13.2 Å². The Balaban J connectivity index is 2.54. The minimum Gasteiger partial charge on any atom is -0.345 e. The monoisotopic (exact) mass is 289 g/mol. The van der Waals surface area contributed by atoms with E-state index in [1.807, 2.05) is 0 Å². The Bertz CT molecular complexity index is 499. The van der Waals surface area contributed by atoms with Crippen molar-refractivity contribution < 1.29 is 13.2 Å². The van der Waals surface area contributed by atoms with E-state index in [0.29, 0.717) is 12.2 Å². The minimum atomic E-state index is -3.41. The summed E-state index contributed by atoms with van der Waals surface area (Å²) < 4.78 is 25.4. The van der Waals surface area contributed by atoms with Gasteiger partial charge in [-0.1, -0.05) is 6.92 Å². The molecule has 2 atom stereocenters. The predicted molar refractivity (Wildman–Crippen MR) is 69.6 cm³/mol. The van der Waals surface area contributed by atoms with Crippen molar-refractivity contribution in [2.75, 3.05) is 5.75 Å². The third-order valence-corrected chi connectivity index (χ3v) is 4.08. The zero-order valence-corrected chi connectivity index (χ0v) is 12.0. The summed E-state index contributed by atoms with van der Waals surface area (Å²) in [5.41, 5.74) is 0. The molecule has 3 N–H and O–H groups in total. The highest BCUT2D eigenvalue weighted by atomic mass is 32.2. The highest BCUT2D eigenvalue weighted by Crippen LogP contribution is 2.04. The quantitative estimate of drug-likeness (QED) is 0.637. The average Bonchev–Trinajstić information content (AvgIpc) is 2.81. The standard InChI is InChI=1S/C10H19N5O3S/c1-4-5-19(17,18)15-8(3)10(16)13-7(2)9-11-6-12-14-9/h6-8,15H,4-5H2,1-3H3,(H,13,16)(H,11,12,14). The Labute approximate surface area is 112 Å². The van der Waals surface area contributed by atoms with Gasteiger partial charge in [-0.3, -0.25) is 9.89 Å². The molecule has 1 aromatic rings. The first-order valence-corrected chi connectivity index (χ1v) is 7.66. The molecular formula is C10H19N5O3S. The molecule has 0 radical (unpaired) electrons. The maximum atomic E-state index is 11.8. The first-order chi connectivity index (χ1) is 8.85. The van der Waals surface area contributed by atoms with E-state index in [2.05, 4.69) is 25.2 Å². The SMILES string of the molecule is CCCS(=O)(=O)NC(C)C(=O)NC(C)c1ncn[nH]1. The van der Waals surface area contributed by atoms with Gasteiger partial charge in [0.15, 0.2) is 0 Å². The van der Waals surface area contributed by atoms with Crippen LogP contribution in [-0.2, 0) is 14.8 Å². The van der Waals surface area contributed by atoms with Gasteiger partial charge < -0.3 is 5.32 Å².